The highest BCUT2D eigenvalue weighted by molar-refractivity contribution is 14.1. The first-order valence-corrected chi connectivity index (χ1v) is 6.12. The first kappa shape index (κ1) is 13.8. The molecule has 0 unspecified atom stereocenters. The van der Waals surface area contributed by atoms with E-state index in [2.05, 4.69) is 28.7 Å². The van der Waals surface area contributed by atoms with Crippen molar-refractivity contribution in [3.8, 4) is 11.8 Å². The number of benzene rings is 1. The molecule has 0 bridgehead atoms. The molecule has 0 radical (unpaired) electrons. The van der Waals surface area contributed by atoms with Crippen LogP contribution in [0.25, 0.3) is 0 Å². The Morgan fingerprint density at radius 1 is 1.53 bits per heavy atom. The van der Waals surface area contributed by atoms with Gasteiger partial charge in [0.05, 0.1) is 29.3 Å². The van der Waals surface area contributed by atoms with Crippen LogP contribution in [0.5, 0.6) is 5.75 Å². The number of carbonyl (C=O) groups is 1. The summed E-state index contributed by atoms with van der Waals surface area (Å²) in [5.74, 6) is 0.248. The molecule has 0 aliphatic carbocycles. The Balaban J connectivity index is 3.00. The molecule has 1 aromatic rings. The highest BCUT2D eigenvalue weighted by Gasteiger charge is 2.12. The Hall–Kier alpha value is -1.29. The minimum atomic E-state index is -0.294. The van der Waals surface area contributed by atoms with Gasteiger partial charge in [0, 0.05) is 0 Å². The van der Waals surface area contributed by atoms with E-state index in [0.717, 1.165) is 9.13 Å². The van der Waals surface area contributed by atoms with E-state index in [1.165, 1.54) is 7.11 Å². The zero-order valence-corrected chi connectivity index (χ0v) is 11.8. The SMILES string of the molecule is CCOC(=O)Cc1cc(I)c(OC)c(C#N)c1. The summed E-state index contributed by atoms with van der Waals surface area (Å²) in [6, 6.07) is 5.52. The van der Waals surface area contributed by atoms with Crippen molar-refractivity contribution in [2.45, 2.75) is 13.3 Å². The molecule has 17 heavy (non-hydrogen) atoms. The van der Waals surface area contributed by atoms with Crippen LogP contribution in [0.1, 0.15) is 18.1 Å². The molecule has 0 saturated heterocycles. The van der Waals surface area contributed by atoms with E-state index in [0.29, 0.717) is 17.9 Å². The van der Waals surface area contributed by atoms with Crippen LogP contribution < -0.4 is 4.74 Å². The van der Waals surface area contributed by atoms with Gasteiger partial charge in [-0.25, -0.2) is 0 Å². The summed E-state index contributed by atoms with van der Waals surface area (Å²) in [6.07, 6.45) is 0.169. The largest absolute Gasteiger partial charge is 0.494 e. The van der Waals surface area contributed by atoms with Gasteiger partial charge in [0.1, 0.15) is 11.8 Å². The Labute approximate surface area is 114 Å². The fraction of sp³-hybridized carbons (Fsp3) is 0.333. The topological polar surface area (TPSA) is 59.3 Å². The van der Waals surface area contributed by atoms with E-state index in [4.69, 9.17) is 14.7 Å². The van der Waals surface area contributed by atoms with Gasteiger partial charge in [-0.15, -0.1) is 0 Å². The van der Waals surface area contributed by atoms with Crippen molar-refractivity contribution < 1.29 is 14.3 Å². The number of hydrogen-bond acceptors (Lipinski definition) is 4. The molecule has 0 aliphatic heterocycles. The second-order valence-electron chi connectivity index (χ2n) is 3.25. The first-order valence-electron chi connectivity index (χ1n) is 5.04. The van der Waals surface area contributed by atoms with Crippen molar-refractivity contribution in [3.63, 3.8) is 0 Å². The van der Waals surface area contributed by atoms with Crippen LogP contribution in [0.3, 0.4) is 0 Å². The zero-order chi connectivity index (χ0) is 12.8. The summed E-state index contributed by atoms with van der Waals surface area (Å²) < 4.78 is 10.8. The van der Waals surface area contributed by atoms with Crippen LogP contribution in [-0.2, 0) is 16.0 Å². The van der Waals surface area contributed by atoms with Gasteiger partial charge in [0.2, 0.25) is 0 Å². The van der Waals surface area contributed by atoms with Crippen molar-refractivity contribution >= 4 is 28.6 Å². The maximum absolute atomic E-state index is 11.3. The summed E-state index contributed by atoms with van der Waals surface area (Å²) in [4.78, 5) is 11.3. The number of ether oxygens (including phenoxy) is 2. The summed E-state index contributed by atoms with van der Waals surface area (Å²) in [7, 11) is 1.52. The molecule has 0 spiro atoms. The maximum atomic E-state index is 11.3. The van der Waals surface area contributed by atoms with Gasteiger partial charge in [-0.1, -0.05) is 0 Å². The molecule has 0 aliphatic rings. The highest BCUT2D eigenvalue weighted by Crippen LogP contribution is 2.27. The van der Waals surface area contributed by atoms with Gasteiger partial charge in [0.25, 0.3) is 0 Å². The third kappa shape index (κ3) is 3.60. The lowest BCUT2D eigenvalue weighted by Gasteiger charge is -2.08. The first-order chi connectivity index (χ1) is 8.12. The molecule has 0 aromatic heterocycles. The summed E-state index contributed by atoms with van der Waals surface area (Å²) >= 11 is 2.07. The van der Waals surface area contributed by atoms with Gasteiger partial charge in [-0.2, -0.15) is 5.26 Å². The summed E-state index contributed by atoms with van der Waals surface area (Å²) in [6.45, 7) is 2.12. The van der Waals surface area contributed by atoms with Crippen molar-refractivity contribution in [3.05, 3.63) is 26.8 Å². The van der Waals surface area contributed by atoms with Crippen LogP contribution in [-0.4, -0.2) is 19.7 Å². The van der Waals surface area contributed by atoms with Gasteiger partial charge >= 0.3 is 5.97 Å². The Kier molecular flexibility index (Phi) is 5.22. The summed E-state index contributed by atoms with van der Waals surface area (Å²) in [5, 5.41) is 8.99. The number of methoxy groups -OCH3 is 1. The van der Waals surface area contributed by atoms with Crippen LogP contribution in [0.15, 0.2) is 12.1 Å². The number of hydrogen-bond donors (Lipinski definition) is 0. The maximum Gasteiger partial charge on any atom is 0.310 e. The lowest BCUT2D eigenvalue weighted by Crippen LogP contribution is -2.08. The van der Waals surface area contributed by atoms with E-state index in [-0.39, 0.29) is 12.4 Å². The Morgan fingerprint density at radius 2 is 2.24 bits per heavy atom. The molecule has 0 N–H and O–H groups in total. The second kappa shape index (κ2) is 6.45. The smallest absolute Gasteiger partial charge is 0.310 e. The number of halogens is 1. The van der Waals surface area contributed by atoms with Crippen molar-refractivity contribution in [1.29, 1.82) is 5.26 Å². The Morgan fingerprint density at radius 3 is 2.76 bits per heavy atom. The predicted molar refractivity (Wildman–Crippen MR) is 70.8 cm³/mol. The third-order valence-corrected chi connectivity index (χ3v) is 2.88. The van der Waals surface area contributed by atoms with Crippen LogP contribution in [0, 0.1) is 14.9 Å². The predicted octanol–water partition coefficient (Wildman–Crippen LogP) is 2.28. The molecule has 0 fully saturated rings. The molecule has 5 heteroatoms. The van der Waals surface area contributed by atoms with Gasteiger partial charge < -0.3 is 9.47 Å². The van der Waals surface area contributed by atoms with Gasteiger partial charge in [0.15, 0.2) is 0 Å². The average Bonchev–Trinajstić information content (AvgIpc) is 2.28. The third-order valence-electron chi connectivity index (χ3n) is 2.08. The second-order valence-corrected chi connectivity index (χ2v) is 4.41. The normalized spacial score (nSPS) is 9.53. The molecular weight excluding hydrogens is 333 g/mol. The number of carbonyl (C=O) groups excluding carboxylic acids is 1. The average molecular weight is 345 g/mol. The quantitative estimate of drug-likeness (QED) is 0.621. The summed E-state index contributed by atoms with van der Waals surface area (Å²) in [5.41, 5.74) is 1.18. The molecule has 0 heterocycles. The molecule has 1 rings (SSSR count). The number of esters is 1. The molecule has 1 aromatic carbocycles. The number of nitrogens with zero attached hydrogens (tertiary/aromatic N) is 1. The Bertz CT molecular complexity index is 466. The fourth-order valence-corrected chi connectivity index (χ4v) is 2.33. The molecule has 0 amide bonds. The number of rotatable bonds is 4. The van der Waals surface area contributed by atoms with E-state index in [1.807, 2.05) is 6.07 Å². The lowest BCUT2D eigenvalue weighted by atomic mass is 10.1. The van der Waals surface area contributed by atoms with Crippen molar-refractivity contribution in [2.24, 2.45) is 0 Å². The molecular formula is C12H12INO3. The minimum absolute atomic E-state index is 0.169. The van der Waals surface area contributed by atoms with Gasteiger partial charge in [-0.3, -0.25) is 4.79 Å². The molecule has 90 valence electrons. The fourth-order valence-electron chi connectivity index (χ4n) is 1.42. The molecule has 4 nitrogen and oxygen atoms in total. The van der Waals surface area contributed by atoms with Gasteiger partial charge in [-0.05, 0) is 47.2 Å². The van der Waals surface area contributed by atoms with Crippen molar-refractivity contribution in [2.75, 3.05) is 13.7 Å². The molecule has 0 atom stereocenters. The van der Waals surface area contributed by atoms with E-state index in [1.54, 1.807) is 13.0 Å². The monoisotopic (exact) mass is 345 g/mol. The van der Waals surface area contributed by atoms with E-state index >= 15 is 0 Å². The minimum Gasteiger partial charge on any atom is -0.494 e. The van der Waals surface area contributed by atoms with Crippen molar-refractivity contribution in [1.82, 2.24) is 0 Å². The highest BCUT2D eigenvalue weighted by atomic mass is 127. The van der Waals surface area contributed by atoms with Crippen LogP contribution in [0.2, 0.25) is 0 Å². The van der Waals surface area contributed by atoms with E-state index in [9.17, 15) is 4.79 Å². The molecule has 0 saturated carbocycles. The van der Waals surface area contributed by atoms with Crippen LogP contribution >= 0.6 is 22.6 Å². The zero-order valence-electron chi connectivity index (χ0n) is 9.62. The van der Waals surface area contributed by atoms with Crippen LogP contribution in [0.4, 0.5) is 0 Å². The lowest BCUT2D eigenvalue weighted by molar-refractivity contribution is -0.142. The van der Waals surface area contributed by atoms with E-state index < -0.39 is 0 Å². The number of nitriles is 1. The standard InChI is InChI=1S/C12H12INO3/c1-3-17-11(15)6-8-4-9(7-14)12(16-2)10(13)5-8/h4-5H,3,6H2,1-2H3.